The molecule has 0 bridgehead atoms. The number of anilines is 2. The number of benzene rings is 2. The summed E-state index contributed by atoms with van der Waals surface area (Å²) in [7, 11) is 0. The van der Waals surface area contributed by atoms with Crippen molar-refractivity contribution >= 4 is 11.4 Å². The highest BCUT2D eigenvalue weighted by molar-refractivity contribution is 5.58. The predicted molar refractivity (Wildman–Crippen MR) is 77.3 cm³/mol. The van der Waals surface area contributed by atoms with E-state index in [1.165, 1.54) is 0 Å². The molecule has 0 unspecified atom stereocenters. The van der Waals surface area contributed by atoms with Crippen LogP contribution in [0.2, 0.25) is 0 Å². The van der Waals surface area contributed by atoms with Gasteiger partial charge < -0.3 is 21.7 Å². The van der Waals surface area contributed by atoms with E-state index in [0.29, 0.717) is 28.9 Å². The van der Waals surface area contributed by atoms with Crippen LogP contribution in [-0.2, 0) is 6.42 Å². The van der Waals surface area contributed by atoms with Crippen molar-refractivity contribution in [3.05, 3.63) is 46.5 Å². The highest BCUT2D eigenvalue weighted by Gasteiger charge is 2.10. The number of aryl methyl sites for hydroxylation is 2. The van der Waals surface area contributed by atoms with Gasteiger partial charge in [0.05, 0.1) is 0 Å². The number of nitrogens with two attached hydrogens (primary N) is 2. The van der Waals surface area contributed by atoms with Crippen molar-refractivity contribution in [2.24, 2.45) is 0 Å². The van der Waals surface area contributed by atoms with E-state index in [9.17, 15) is 10.2 Å². The molecule has 0 atom stereocenters. The van der Waals surface area contributed by atoms with E-state index in [0.717, 1.165) is 11.1 Å². The molecule has 19 heavy (non-hydrogen) atoms. The monoisotopic (exact) mass is 258 g/mol. The molecule has 2 rings (SSSR count). The number of phenols is 2. The number of nitrogen functional groups attached to an aromatic ring is 2. The van der Waals surface area contributed by atoms with E-state index in [1.807, 2.05) is 13.8 Å². The van der Waals surface area contributed by atoms with Crippen LogP contribution in [0.3, 0.4) is 0 Å². The molecular weight excluding hydrogens is 240 g/mol. The van der Waals surface area contributed by atoms with Crippen molar-refractivity contribution in [2.45, 2.75) is 20.3 Å². The zero-order chi connectivity index (χ0) is 14.2. The molecule has 0 radical (unpaired) electrons. The van der Waals surface area contributed by atoms with Crippen molar-refractivity contribution in [3.8, 4) is 11.5 Å². The minimum atomic E-state index is 0.172. The second-order valence-electron chi connectivity index (χ2n) is 4.85. The van der Waals surface area contributed by atoms with Gasteiger partial charge in [0.25, 0.3) is 0 Å². The Hall–Kier alpha value is -2.36. The summed E-state index contributed by atoms with van der Waals surface area (Å²) in [5, 5.41) is 19.8. The first-order valence-corrected chi connectivity index (χ1v) is 6.04. The fraction of sp³-hybridized carbons (Fsp3) is 0.200. The molecule has 0 aliphatic heterocycles. The molecular formula is C15H18N2O2. The maximum atomic E-state index is 9.92. The van der Waals surface area contributed by atoms with Gasteiger partial charge in [0.1, 0.15) is 11.5 Å². The van der Waals surface area contributed by atoms with Crippen LogP contribution in [0.25, 0.3) is 0 Å². The van der Waals surface area contributed by atoms with E-state index in [2.05, 4.69) is 0 Å². The molecule has 0 aliphatic carbocycles. The third-order valence-electron chi connectivity index (χ3n) is 3.32. The lowest BCUT2D eigenvalue weighted by atomic mass is 9.99. The highest BCUT2D eigenvalue weighted by atomic mass is 16.3. The zero-order valence-corrected chi connectivity index (χ0v) is 11.1. The smallest absolute Gasteiger partial charge is 0.119 e. The number of phenolic OH excluding ortho intramolecular Hbond substituents is 2. The third kappa shape index (κ3) is 2.57. The van der Waals surface area contributed by atoms with Crippen LogP contribution >= 0.6 is 0 Å². The maximum absolute atomic E-state index is 9.92. The molecule has 0 fully saturated rings. The molecule has 0 heterocycles. The summed E-state index contributed by atoms with van der Waals surface area (Å²) < 4.78 is 0. The Morgan fingerprint density at radius 1 is 0.789 bits per heavy atom. The molecule has 4 heteroatoms. The normalized spacial score (nSPS) is 10.6. The Balaban J connectivity index is 2.42. The number of aromatic hydroxyl groups is 2. The summed E-state index contributed by atoms with van der Waals surface area (Å²) in [5.74, 6) is 0.343. The molecule has 6 N–H and O–H groups in total. The van der Waals surface area contributed by atoms with E-state index in [-0.39, 0.29) is 11.5 Å². The molecule has 0 aromatic heterocycles. The van der Waals surface area contributed by atoms with Crippen molar-refractivity contribution in [1.82, 2.24) is 0 Å². The fourth-order valence-electron chi connectivity index (χ4n) is 2.00. The van der Waals surface area contributed by atoms with Crippen molar-refractivity contribution in [1.29, 1.82) is 0 Å². The molecule has 0 amide bonds. The van der Waals surface area contributed by atoms with Crippen molar-refractivity contribution in [3.63, 3.8) is 0 Å². The average Bonchev–Trinajstić information content (AvgIpc) is 2.32. The quantitative estimate of drug-likeness (QED) is 0.492. The van der Waals surface area contributed by atoms with E-state index >= 15 is 0 Å². The minimum absolute atomic E-state index is 0.172. The third-order valence-corrected chi connectivity index (χ3v) is 3.32. The lowest BCUT2D eigenvalue weighted by Gasteiger charge is -2.11. The zero-order valence-electron chi connectivity index (χ0n) is 11.1. The minimum Gasteiger partial charge on any atom is -0.508 e. The first kappa shape index (κ1) is 13.1. The van der Waals surface area contributed by atoms with Crippen molar-refractivity contribution in [2.75, 3.05) is 11.5 Å². The van der Waals surface area contributed by atoms with Gasteiger partial charge >= 0.3 is 0 Å². The molecule has 0 saturated carbocycles. The molecule has 0 spiro atoms. The standard InChI is InChI=1S/C15H18N2O2/c1-8-3-14(18)10(6-12(8)16)5-11-7-13(17)9(2)4-15(11)19/h3-4,6-7,18-19H,5,16-17H2,1-2H3. The Bertz CT molecular complexity index is 581. The molecule has 4 nitrogen and oxygen atoms in total. The fourth-order valence-corrected chi connectivity index (χ4v) is 2.00. The van der Waals surface area contributed by atoms with Crippen LogP contribution in [0, 0.1) is 13.8 Å². The molecule has 0 saturated heterocycles. The molecule has 2 aromatic rings. The van der Waals surface area contributed by atoms with Crippen LogP contribution in [0.1, 0.15) is 22.3 Å². The molecule has 0 aliphatic rings. The highest BCUT2D eigenvalue weighted by Crippen LogP contribution is 2.30. The maximum Gasteiger partial charge on any atom is 0.119 e. The van der Waals surface area contributed by atoms with Crippen LogP contribution in [0.15, 0.2) is 24.3 Å². The van der Waals surface area contributed by atoms with Crippen LogP contribution in [0.5, 0.6) is 11.5 Å². The second kappa shape index (κ2) is 4.72. The average molecular weight is 258 g/mol. The van der Waals surface area contributed by atoms with Gasteiger partial charge in [-0.05, 0) is 49.2 Å². The Morgan fingerprint density at radius 3 is 1.53 bits per heavy atom. The van der Waals surface area contributed by atoms with E-state index in [1.54, 1.807) is 24.3 Å². The van der Waals surface area contributed by atoms with Gasteiger partial charge in [-0.15, -0.1) is 0 Å². The topological polar surface area (TPSA) is 92.5 Å². The van der Waals surface area contributed by atoms with E-state index < -0.39 is 0 Å². The van der Waals surface area contributed by atoms with Crippen LogP contribution < -0.4 is 11.5 Å². The van der Waals surface area contributed by atoms with Gasteiger partial charge in [0, 0.05) is 28.9 Å². The Labute approximate surface area is 112 Å². The lowest BCUT2D eigenvalue weighted by Crippen LogP contribution is -1.97. The van der Waals surface area contributed by atoms with Crippen LogP contribution in [0.4, 0.5) is 11.4 Å². The summed E-state index contributed by atoms with van der Waals surface area (Å²) >= 11 is 0. The molecule has 2 aromatic carbocycles. The first-order chi connectivity index (χ1) is 8.88. The van der Waals surface area contributed by atoms with Gasteiger partial charge in [-0.1, -0.05) is 0 Å². The van der Waals surface area contributed by atoms with Gasteiger partial charge in [-0.2, -0.15) is 0 Å². The first-order valence-electron chi connectivity index (χ1n) is 6.04. The summed E-state index contributed by atoms with van der Waals surface area (Å²) in [6.07, 6.45) is 0.382. The van der Waals surface area contributed by atoms with Gasteiger partial charge in [-0.25, -0.2) is 0 Å². The number of hydrogen-bond donors (Lipinski definition) is 4. The summed E-state index contributed by atoms with van der Waals surface area (Å²) in [4.78, 5) is 0. The Morgan fingerprint density at radius 2 is 1.16 bits per heavy atom. The number of hydrogen-bond acceptors (Lipinski definition) is 4. The predicted octanol–water partition coefficient (Wildman–Crippen LogP) is 2.47. The SMILES string of the molecule is Cc1cc(O)c(Cc2cc(N)c(C)cc2O)cc1N. The number of rotatable bonds is 2. The van der Waals surface area contributed by atoms with Crippen molar-refractivity contribution < 1.29 is 10.2 Å². The molecule has 100 valence electrons. The second-order valence-corrected chi connectivity index (χ2v) is 4.85. The largest absolute Gasteiger partial charge is 0.508 e. The van der Waals surface area contributed by atoms with Crippen LogP contribution in [-0.4, -0.2) is 10.2 Å². The lowest BCUT2D eigenvalue weighted by molar-refractivity contribution is 0.462. The van der Waals surface area contributed by atoms with Gasteiger partial charge in [-0.3, -0.25) is 0 Å². The summed E-state index contributed by atoms with van der Waals surface area (Å²) in [6.45, 7) is 3.67. The van der Waals surface area contributed by atoms with Gasteiger partial charge in [0.2, 0.25) is 0 Å². The van der Waals surface area contributed by atoms with E-state index in [4.69, 9.17) is 11.5 Å². The Kier molecular flexibility index (Phi) is 3.25. The van der Waals surface area contributed by atoms with Gasteiger partial charge in [0.15, 0.2) is 0 Å². The summed E-state index contributed by atoms with van der Waals surface area (Å²) in [5.41, 5.74) is 15.9. The summed E-state index contributed by atoms with van der Waals surface area (Å²) in [6, 6.07) is 6.69.